The zero-order valence-electron chi connectivity index (χ0n) is 21.4. The summed E-state index contributed by atoms with van der Waals surface area (Å²) in [5.41, 5.74) is 4.66. The van der Waals surface area contributed by atoms with E-state index in [1.54, 1.807) is 13.0 Å². The van der Waals surface area contributed by atoms with E-state index in [4.69, 9.17) is 9.47 Å². The van der Waals surface area contributed by atoms with Crippen molar-refractivity contribution in [3.05, 3.63) is 93.1 Å². The van der Waals surface area contributed by atoms with Crippen LogP contribution in [-0.4, -0.2) is 23.8 Å². The van der Waals surface area contributed by atoms with Gasteiger partial charge in [-0.05, 0) is 68.7 Å². The van der Waals surface area contributed by atoms with E-state index in [1.807, 2.05) is 19.1 Å². The second-order valence-electron chi connectivity index (χ2n) is 9.25. The van der Waals surface area contributed by atoms with Crippen molar-refractivity contribution < 1.29 is 28.7 Å². The van der Waals surface area contributed by atoms with E-state index in [9.17, 15) is 19.7 Å². The second kappa shape index (κ2) is 13.2. The molecule has 0 heterocycles. The summed E-state index contributed by atoms with van der Waals surface area (Å²) in [4.78, 5) is 33.6. The van der Waals surface area contributed by atoms with Gasteiger partial charge in [0.1, 0.15) is 5.75 Å². The van der Waals surface area contributed by atoms with E-state index in [0.717, 1.165) is 12.0 Å². The lowest BCUT2D eigenvalue weighted by Gasteiger charge is -2.32. The van der Waals surface area contributed by atoms with Crippen LogP contribution in [0.25, 0.3) is 0 Å². The molecule has 0 N–H and O–H groups in total. The molecule has 0 aromatic heterocycles. The number of hydrogen-bond donors (Lipinski definition) is 0. The number of allylic oxidation sites excluding steroid dienone is 9. The number of hydrogen-bond acceptors (Lipinski definition) is 7. The van der Waals surface area contributed by atoms with Crippen molar-refractivity contribution in [2.24, 2.45) is 5.41 Å². The Labute approximate surface area is 211 Å². The van der Waals surface area contributed by atoms with Gasteiger partial charge in [0.05, 0.1) is 4.92 Å². The Morgan fingerprint density at radius 3 is 2.42 bits per heavy atom. The van der Waals surface area contributed by atoms with Crippen molar-refractivity contribution in [2.75, 3.05) is 6.79 Å². The fourth-order valence-electron chi connectivity index (χ4n) is 3.81. The Balaban J connectivity index is 1.78. The summed E-state index contributed by atoms with van der Waals surface area (Å²) in [5.74, 6) is -0.617. The number of ether oxygens (including phenoxy) is 3. The lowest BCUT2D eigenvalue weighted by molar-refractivity contribution is -0.384. The van der Waals surface area contributed by atoms with E-state index in [1.165, 1.54) is 54.3 Å². The zero-order chi connectivity index (χ0) is 26.7. The van der Waals surface area contributed by atoms with Crippen LogP contribution in [0, 0.1) is 15.5 Å². The first-order chi connectivity index (χ1) is 17.0. The van der Waals surface area contributed by atoms with Crippen LogP contribution in [0.1, 0.15) is 53.9 Å². The fourth-order valence-corrected chi connectivity index (χ4v) is 3.81. The van der Waals surface area contributed by atoms with Crippen molar-refractivity contribution in [3.8, 4) is 5.75 Å². The Bertz CT molecular complexity index is 1120. The van der Waals surface area contributed by atoms with Crippen LogP contribution in [0.5, 0.6) is 5.75 Å². The molecular weight excluding hydrogens is 462 g/mol. The van der Waals surface area contributed by atoms with E-state index in [0.29, 0.717) is 5.57 Å². The van der Waals surface area contributed by atoms with Crippen molar-refractivity contribution in [3.63, 3.8) is 0 Å². The molecule has 36 heavy (non-hydrogen) atoms. The van der Waals surface area contributed by atoms with E-state index < -0.39 is 23.8 Å². The highest BCUT2D eigenvalue weighted by molar-refractivity contribution is 5.83. The minimum Gasteiger partial charge on any atom is -0.425 e. The van der Waals surface area contributed by atoms with Gasteiger partial charge >= 0.3 is 12.1 Å². The summed E-state index contributed by atoms with van der Waals surface area (Å²) >= 11 is 0. The van der Waals surface area contributed by atoms with Crippen LogP contribution < -0.4 is 4.74 Å². The van der Waals surface area contributed by atoms with Crippen molar-refractivity contribution in [2.45, 2.75) is 53.9 Å². The number of rotatable bonds is 9. The van der Waals surface area contributed by atoms with Gasteiger partial charge in [-0.25, -0.2) is 9.59 Å². The number of nitrogens with zero attached hydrogens (tertiary/aromatic N) is 1. The summed E-state index contributed by atoms with van der Waals surface area (Å²) < 4.78 is 14.4. The number of carbonyl (C=O) groups excluding carboxylic acids is 2. The maximum atomic E-state index is 11.9. The molecule has 1 aromatic rings. The molecule has 1 aromatic carbocycles. The molecule has 0 spiro atoms. The number of non-ortho nitro benzene ring substituents is 1. The average molecular weight is 496 g/mol. The third-order valence-electron chi connectivity index (χ3n) is 5.75. The average Bonchev–Trinajstić information content (AvgIpc) is 2.78. The van der Waals surface area contributed by atoms with Crippen molar-refractivity contribution >= 4 is 17.8 Å². The number of nitro benzene ring substituents is 1. The number of carbonyl (C=O) groups is 2. The molecule has 0 bridgehead atoms. The maximum absolute atomic E-state index is 11.9. The number of nitro groups is 1. The zero-order valence-corrected chi connectivity index (χ0v) is 21.4. The SMILES string of the molecule is CC1=C(/C=C/C(C)=C/C=C/C(C)=C/C(=O)OCOC(=O)Oc2ccc([N+](=O)[O-])cc2)C(C)(C)CCC1. The molecule has 2 rings (SSSR count). The summed E-state index contributed by atoms with van der Waals surface area (Å²) in [7, 11) is 0. The van der Waals surface area contributed by atoms with Gasteiger partial charge in [0.25, 0.3) is 5.69 Å². The van der Waals surface area contributed by atoms with Gasteiger partial charge < -0.3 is 14.2 Å². The molecule has 8 nitrogen and oxygen atoms in total. The van der Waals surface area contributed by atoms with Gasteiger partial charge in [0, 0.05) is 18.2 Å². The third-order valence-corrected chi connectivity index (χ3v) is 5.75. The quantitative estimate of drug-likeness (QED) is 0.0681. The Hall–Kier alpha value is -3.94. The van der Waals surface area contributed by atoms with Gasteiger partial charge in [0.15, 0.2) is 0 Å². The molecule has 192 valence electrons. The summed E-state index contributed by atoms with van der Waals surface area (Å²) in [6.07, 6.45) is 13.7. The van der Waals surface area contributed by atoms with E-state index in [2.05, 4.69) is 37.7 Å². The highest BCUT2D eigenvalue weighted by Gasteiger charge is 2.26. The fraction of sp³-hybridized carbons (Fsp3) is 0.357. The molecule has 0 saturated heterocycles. The topological polar surface area (TPSA) is 105 Å². The molecule has 0 fully saturated rings. The monoisotopic (exact) mass is 495 g/mol. The van der Waals surface area contributed by atoms with Crippen LogP contribution >= 0.6 is 0 Å². The highest BCUT2D eigenvalue weighted by Crippen LogP contribution is 2.40. The molecular formula is C28H33NO7. The van der Waals surface area contributed by atoms with Crippen LogP contribution in [0.3, 0.4) is 0 Å². The highest BCUT2D eigenvalue weighted by atomic mass is 16.8. The maximum Gasteiger partial charge on any atom is 0.516 e. The predicted octanol–water partition coefficient (Wildman–Crippen LogP) is 7.14. The van der Waals surface area contributed by atoms with Crippen LogP contribution in [0.2, 0.25) is 0 Å². The minimum absolute atomic E-state index is 0.0605. The molecule has 0 amide bonds. The molecule has 0 radical (unpaired) electrons. The Kier molecular flexibility index (Phi) is 10.4. The predicted molar refractivity (Wildman–Crippen MR) is 137 cm³/mol. The van der Waals surface area contributed by atoms with E-state index >= 15 is 0 Å². The normalized spacial score (nSPS) is 16.4. The van der Waals surface area contributed by atoms with Gasteiger partial charge in [-0.3, -0.25) is 10.1 Å². The molecule has 8 heteroatoms. The molecule has 0 saturated carbocycles. The summed E-state index contributed by atoms with van der Waals surface area (Å²) in [5, 5.41) is 10.6. The lowest BCUT2D eigenvalue weighted by atomic mass is 9.72. The Morgan fingerprint density at radius 2 is 1.78 bits per heavy atom. The lowest BCUT2D eigenvalue weighted by Crippen LogP contribution is -2.19. The molecule has 1 aliphatic carbocycles. The van der Waals surface area contributed by atoms with Crippen molar-refractivity contribution in [1.82, 2.24) is 0 Å². The van der Waals surface area contributed by atoms with Gasteiger partial charge in [-0.1, -0.05) is 55.4 Å². The standard InChI is InChI=1S/C28H33NO7/c1-20(11-16-25-22(3)10-7-17-28(25,4)5)8-6-9-21(2)18-26(30)34-19-35-27(31)36-24-14-12-23(13-15-24)29(32)33/h6,8-9,11-16,18H,7,10,17,19H2,1-5H3/b9-6+,16-11+,20-8+,21-18+. The van der Waals surface area contributed by atoms with Crippen molar-refractivity contribution in [1.29, 1.82) is 0 Å². The molecule has 0 atom stereocenters. The number of benzene rings is 1. The van der Waals surface area contributed by atoms with Crippen LogP contribution in [0.15, 0.2) is 83.0 Å². The van der Waals surface area contributed by atoms with Gasteiger partial charge in [-0.15, -0.1) is 0 Å². The van der Waals surface area contributed by atoms with Crippen LogP contribution in [0.4, 0.5) is 10.5 Å². The van der Waals surface area contributed by atoms with E-state index in [-0.39, 0.29) is 16.9 Å². The first kappa shape index (κ1) is 28.3. The molecule has 0 aliphatic heterocycles. The number of esters is 1. The third kappa shape index (κ3) is 9.37. The smallest absolute Gasteiger partial charge is 0.425 e. The van der Waals surface area contributed by atoms with Crippen LogP contribution in [-0.2, 0) is 14.3 Å². The second-order valence-corrected chi connectivity index (χ2v) is 9.25. The van der Waals surface area contributed by atoms with Gasteiger partial charge in [0.2, 0.25) is 6.79 Å². The summed E-state index contributed by atoms with van der Waals surface area (Å²) in [6, 6.07) is 4.88. The van der Waals surface area contributed by atoms with Gasteiger partial charge in [-0.2, -0.15) is 0 Å². The Morgan fingerprint density at radius 1 is 1.08 bits per heavy atom. The molecule has 0 unspecified atom stereocenters. The largest absolute Gasteiger partial charge is 0.516 e. The first-order valence-corrected chi connectivity index (χ1v) is 11.7. The first-order valence-electron chi connectivity index (χ1n) is 11.7. The summed E-state index contributed by atoms with van der Waals surface area (Å²) in [6.45, 7) is 9.92. The molecule has 1 aliphatic rings. The minimum atomic E-state index is -1.10.